The molecule has 3 nitrogen and oxygen atoms in total. The number of hydrogen-bond acceptors (Lipinski definition) is 2. The topological polar surface area (TPSA) is 38.3 Å². The van der Waals surface area contributed by atoms with Gasteiger partial charge >= 0.3 is 0 Å². The number of methoxy groups -OCH3 is 1. The van der Waals surface area contributed by atoms with Gasteiger partial charge in [0.25, 0.3) is 0 Å². The second-order valence-corrected chi connectivity index (χ2v) is 5.12. The van der Waals surface area contributed by atoms with E-state index in [-0.39, 0.29) is 5.91 Å². The Hall–Kier alpha value is -2.55. The summed E-state index contributed by atoms with van der Waals surface area (Å²) in [6.45, 7) is 2.06. The van der Waals surface area contributed by atoms with E-state index in [0.29, 0.717) is 6.42 Å². The minimum absolute atomic E-state index is 0.0910. The maximum Gasteiger partial charge on any atom is 0.244 e. The summed E-state index contributed by atoms with van der Waals surface area (Å²) in [5.41, 5.74) is 4.40. The lowest BCUT2D eigenvalue weighted by molar-refractivity contribution is -0.116. The van der Waals surface area contributed by atoms with Crippen LogP contribution in [0.25, 0.3) is 5.57 Å². The van der Waals surface area contributed by atoms with Crippen molar-refractivity contribution in [3.8, 4) is 5.75 Å². The number of carbonyl (C=O) groups excluding carboxylic acids is 1. The molecule has 2 rings (SSSR count). The van der Waals surface area contributed by atoms with Crippen LogP contribution in [0.3, 0.4) is 0 Å². The van der Waals surface area contributed by atoms with E-state index in [2.05, 4.69) is 18.3 Å². The predicted octanol–water partition coefficient (Wildman–Crippen LogP) is 3.38. The maximum atomic E-state index is 11.8. The van der Waals surface area contributed by atoms with Gasteiger partial charge in [-0.1, -0.05) is 36.4 Å². The quantitative estimate of drug-likeness (QED) is 0.859. The molecular formula is C19H21NO2. The van der Waals surface area contributed by atoms with Gasteiger partial charge in [-0.05, 0) is 47.7 Å². The number of carbonyl (C=O) groups is 1. The van der Waals surface area contributed by atoms with Crippen LogP contribution >= 0.6 is 0 Å². The number of benzene rings is 2. The molecule has 2 aromatic rings. The van der Waals surface area contributed by atoms with Crippen LogP contribution in [0, 0.1) is 6.92 Å². The van der Waals surface area contributed by atoms with E-state index in [1.165, 1.54) is 0 Å². The molecule has 22 heavy (non-hydrogen) atoms. The number of amides is 1. The highest BCUT2D eigenvalue weighted by atomic mass is 16.5. The monoisotopic (exact) mass is 295 g/mol. The van der Waals surface area contributed by atoms with E-state index in [4.69, 9.17) is 4.74 Å². The molecule has 0 aliphatic carbocycles. The first-order chi connectivity index (χ1) is 10.6. The van der Waals surface area contributed by atoms with Crippen LogP contribution in [0.4, 0.5) is 0 Å². The summed E-state index contributed by atoms with van der Waals surface area (Å²) in [5, 5.41) is 2.65. The molecule has 3 heteroatoms. The van der Waals surface area contributed by atoms with Gasteiger partial charge in [0.15, 0.2) is 0 Å². The number of rotatable bonds is 5. The summed E-state index contributed by atoms with van der Waals surface area (Å²) < 4.78 is 5.18. The molecule has 0 saturated heterocycles. The minimum atomic E-state index is -0.0910. The van der Waals surface area contributed by atoms with Crippen molar-refractivity contribution in [2.45, 2.75) is 13.3 Å². The van der Waals surface area contributed by atoms with E-state index in [1.54, 1.807) is 20.2 Å². The molecule has 0 heterocycles. The van der Waals surface area contributed by atoms with E-state index in [0.717, 1.165) is 28.0 Å². The molecule has 0 saturated carbocycles. The van der Waals surface area contributed by atoms with Crippen LogP contribution in [0.15, 0.2) is 54.6 Å². The Labute approximate surface area is 131 Å². The minimum Gasteiger partial charge on any atom is -0.497 e. The maximum absolute atomic E-state index is 11.8. The number of aryl methyl sites for hydroxylation is 1. The van der Waals surface area contributed by atoms with E-state index < -0.39 is 0 Å². The van der Waals surface area contributed by atoms with E-state index >= 15 is 0 Å². The van der Waals surface area contributed by atoms with Gasteiger partial charge in [0.2, 0.25) is 5.91 Å². The molecule has 0 spiro atoms. The number of allylic oxidation sites excluding steroid dienone is 1. The molecule has 114 valence electrons. The van der Waals surface area contributed by atoms with Crippen molar-refractivity contribution in [1.29, 1.82) is 0 Å². The Kier molecular flexibility index (Phi) is 5.37. The van der Waals surface area contributed by atoms with Crippen LogP contribution in [0.1, 0.15) is 16.7 Å². The van der Waals surface area contributed by atoms with Crippen molar-refractivity contribution >= 4 is 11.5 Å². The molecular weight excluding hydrogens is 274 g/mol. The average molecular weight is 295 g/mol. The molecule has 0 bridgehead atoms. The fourth-order valence-electron chi connectivity index (χ4n) is 2.35. The molecule has 0 aliphatic rings. The first-order valence-corrected chi connectivity index (χ1v) is 7.25. The van der Waals surface area contributed by atoms with Crippen LogP contribution in [-0.2, 0) is 11.2 Å². The van der Waals surface area contributed by atoms with Crippen LogP contribution < -0.4 is 10.1 Å². The van der Waals surface area contributed by atoms with Gasteiger partial charge < -0.3 is 10.1 Å². The zero-order valence-corrected chi connectivity index (χ0v) is 13.2. The van der Waals surface area contributed by atoms with E-state index in [1.807, 2.05) is 42.5 Å². The van der Waals surface area contributed by atoms with Crippen LogP contribution in [0.2, 0.25) is 0 Å². The number of ether oxygens (including phenoxy) is 1. The smallest absolute Gasteiger partial charge is 0.244 e. The highest BCUT2D eigenvalue weighted by Gasteiger charge is 2.08. The summed E-state index contributed by atoms with van der Waals surface area (Å²) in [5.74, 6) is 0.739. The Morgan fingerprint density at radius 2 is 1.82 bits per heavy atom. The Morgan fingerprint density at radius 3 is 2.41 bits per heavy atom. The summed E-state index contributed by atoms with van der Waals surface area (Å²) in [6.07, 6.45) is 2.37. The van der Waals surface area contributed by atoms with Gasteiger partial charge in [-0.15, -0.1) is 0 Å². The first-order valence-electron chi connectivity index (χ1n) is 7.25. The average Bonchev–Trinajstić information content (AvgIpc) is 2.55. The fraction of sp³-hybridized carbons (Fsp3) is 0.211. The van der Waals surface area contributed by atoms with Crippen molar-refractivity contribution in [3.63, 3.8) is 0 Å². The number of hydrogen-bond donors (Lipinski definition) is 1. The molecule has 1 amide bonds. The standard InChI is InChI=1S/C19H21NO2/c1-14-6-4-5-7-18(14)16(13-19(21)20-2)12-15-8-10-17(22-3)11-9-15/h4-11,13H,12H2,1-3H3,(H,20,21)/b16-13+. The molecule has 0 aromatic heterocycles. The number of nitrogens with one attached hydrogen (secondary N) is 1. The van der Waals surface area contributed by atoms with Gasteiger partial charge in [0, 0.05) is 13.1 Å². The van der Waals surface area contributed by atoms with Crippen molar-refractivity contribution in [1.82, 2.24) is 5.32 Å². The molecule has 0 fully saturated rings. The first kappa shape index (κ1) is 15.8. The zero-order valence-electron chi connectivity index (χ0n) is 13.2. The third kappa shape index (κ3) is 3.98. The Morgan fingerprint density at radius 1 is 1.14 bits per heavy atom. The second kappa shape index (κ2) is 7.46. The Balaban J connectivity index is 2.34. The lowest BCUT2D eigenvalue weighted by Crippen LogP contribution is -2.15. The Bertz CT molecular complexity index is 672. The van der Waals surface area contributed by atoms with Gasteiger partial charge in [-0.3, -0.25) is 4.79 Å². The third-order valence-electron chi connectivity index (χ3n) is 3.60. The van der Waals surface area contributed by atoms with Crippen LogP contribution in [0.5, 0.6) is 5.75 Å². The van der Waals surface area contributed by atoms with Crippen molar-refractivity contribution in [2.24, 2.45) is 0 Å². The lowest BCUT2D eigenvalue weighted by Gasteiger charge is -2.11. The molecule has 1 N–H and O–H groups in total. The molecule has 0 radical (unpaired) electrons. The summed E-state index contributed by atoms with van der Waals surface area (Å²) in [4.78, 5) is 11.8. The predicted molar refractivity (Wildman–Crippen MR) is 89.9 cm³/mol. The van der Waals surface area contributed by atoms with Crippen molar-refractivity contribution < 1.29 is 9.53 Å². The zero-order chi connectivity index (χ0) is 15.9. The summed E-state index contributed by atoms with van der Waals surface area (Å²) in [6, 6.07) is 16.0. The lowest BCUT2D eigenvalue weighted by atomic mass is 9.94. The van der Waals surface area contributed by atoms with E-state index in [9.17, 15) is 4.79 Å². The SMILES string of the molecule is CNC(=O)/C=C(\Cc1ccc(OC)cc1)c1ccccc1C. The summed E-state index contributed by atoms with van der Waals surface area (Å²) in [7, 11) is 3.29. The van der Waals surface area contributed by atoms with Crippen molar-refractivity contribution in [3.05, 3.63) is 71.3 Å². The normalized spacial score (nSPS) is 11.1. The second-order valence-electron chi connectivity index (χ2n) is 5.12. The molecule has 0 aliphatic heterocycles. The highest BCUT2D eigenvalue weighted by molar-refractivity contribution is 5.95. The molecule has 0 unspecified atom stereocenters. The molecule has 0 atom stereocenters. The summed E-state index contributed by atoms with van der Waals surface area (Å²) >= 11 is 0. The van der Waals surface area contributed by atoms with Crippen molar-refractivity contribution in [2.75, 3.05) is 14.2 Å². The third-order valence-corrected chi connectivity index (χ3v) is 3.60. The fourth-order valence-corrected chi connectivity index (χ4v) is 2.35. The number of likely N-dealkylation sites (N-methyl/N-ethyl adjacent to an activating group) is 1. The molecule has 2 aromatic carbocycles. The highest BCUT2D eigenvalue weighted by Crippen LogP contribution is 2.24. The van der Waals surface area contributed by atoms with Gasteiger partial charge in [-0.2, -0.15) is 0 Å². The largest absolute Gasteiger partial charge is 0.497 e. The van der Waals surface area contributed by atoms with Gasteiger partial charge in [-0.25, -0.2) is 0 Å². The van der Waals surface area contributed by atoms with Crippen LogP contribution in [-0.4, -0.2) is 20.1 Å². The van der Waals surface area contributed by atoms with Gasteiger partial charge in [0.05, 0.1) is 7.11 Å². The van der Waals surface area contributed by atoms with Gasteiger partial charge in [0.1, 0.15) is 5.75 Å².